The maximum atomic E-state index is 12.2. The van der Waals surface area contributed by atoms with Crippen LogP contribution in [0.2, 0.25) is 0 Å². The molecular weight excluding hydrogens is 320 g/mol. The summed E-state index contributed by atoms with van der Waals surface area (Å²) >= 11 is 0. The average molecular weight is 334 g/mol. The third kappa shape index (κ3) is 2.19. The van der Waals surface area contributed by atoms with Crippen molar-refractivity contribution in [1.29, 1.82) is 0 Å². The van der Waals surface area contributed by atoms with Crippen LogP contribution in [0.3, 0.4) is 0 Å². The molecule has 24 heavy (non-hydrogen) atoms. The van der Waals surface area contributed by atoms with Crippen LogP contribution in [0.25, 0.3) is 5.57 Å². The minimum absolute atomic E-state index is 0.0186. The third-order valence-corrected chi connectivity index (χ3v) is 3.69. The fourth-order valence-electron chi connectivity index (χ4n) is 2.69. The molecule has 2 N–H and O–H groups in total. The lowest BCUT2D eigenvalue weighted by Gasteiger charge is -2.27. The molecule has 3 rings (SSSR count). The highest BCUT2D eigenvalue weighted by atomic mass is 16.6. The molecule has 126 valence electrons. The first-order chi connectivity index (χ1) is 11.4. The Morgan fingerprint density at radius 2 is 2.00 bits per heavy atom. The van der Waals surface area contributed by atoms with Crippen LogP contribution >= 0.6 is 0 Å². The van der Waals surface area contributed by atoms with Crippen molar-refractivity contribution in [1.82, 2.24) is 0 Å². The van der Waals surface area contributed by atoms with Crippen molar-refractivity contribution in [2.45, 2.75) is 13.2 Å². The highest BCUT2D eigenvalue weighted by molar-refractivity contribution is 6.07. The normalized spacial score (nSPS) is 18.8. The van der Waals surface area contributed by atoms with Gasteiger partial charge in [-0.2, -0.15) is 0 Å². The molecule has 2 aliphatic rings. The number of methoxy groups -OCH3 is 2. The number of ether oxygens (including phenoxy) is 4. The smallest absolute Gasteiger partial charge is 0.345 e. The highest BCUT2D eigenvalue weighted by Gasteiger charge is 2.40. The van der Waals surface area contributed by atoms with Gasteiger partial charge in [0.05, 0.1) is 19.8 Å². The van der Waals surface area contributed by atoms with Crippen molar-refractivity contribution < 1.29 is 38.7 Å². The van der Waals surface area contributed by atoms with E-state index in [1.54, 1.807) is 6.92 Å². The van der Waals surface area contributed by atoms with E-state index in [9.17, 15) is 19.8 Å². The van der Waals surface area contributed by atoms with Crippen LogP contribution < -0.4 is 9.47 Å². The van der Waals surface area contributed by atoms with Crippen molar-refractivity contribution in [3.05, 3.63) is 40.4 Å². The fraction of sp³-hybridized carbons (Fsp3) is 0.250. The molecule has 0 aliphatic carbocycles. The lowest BCUT2D eigenvalue weighted by Crippen LogP contribution is -2.28. The predicted molar refractivity (Wildman–Crippen MR) is 79.7 cm³/mol. The van der Waals surface area contributed by atoms with Crippen molar-refractivity contribution in [3.8, 4) is 11.5 Å². The van der Waals surface area contributed by atoms with Crippen molar-refractivity contribution >= 4 is 17.5 Å². The topological polar surface area (TPSA) is 112 Å². The van der Waals surface area contributed by atoms with Gasteiger partial charge in [0.15, 0.2) is 0 Å². The lowest BCUT2D eigenvalue weighted by atomic mass is 9.91. The Morgan fingerprint density at radius 3 is 2.62 bits per heavy atom. The average Bonchev–Trinajstić information content (AvgIpc) is 2.66. The Kier molecular flexibility index (Phi) is 3.69. The number of benzene rings is 1. The Balaban J connectivity index is 2.47. The minimum atomic E-state index is -1.72. The van der Waals surface area contributed by atoms with Gasteiger partial charge in [0.25, 0.3) is 0 Å². The number of carbonyl (C=O) groups is 2. The fourth-order valence-corrected chi connectivity index (χ4v) is 2.69. The Bertz CT molecular complexity index is 818. The van der Waals surface area contributed by atoms with Crippen LogP contribution in [0.5, 0.6) is 11.5 Å². The second kappa shape index (κ2) is 5.57. The molecule has 0 bridgehead atoms. The molecule has 8 nitrogen and oxygen atoms in total. The molecule has 8 heteroatoms. The molecule has 0 saturated carbocycles. The highest BCUT2D eigenvalue weighted by Crippen LogP contribution is 2.46. The number of aliphatic hydroxyl groups excluding tert-OH is 2. The van der Waals surface area contributed by atoms with Gasteiger partial charge in [0.1, 0.15) is 34.1 Å². The molecule has 0 aromatic heterocycles. The molecule has 0 amide bonds. The maximum Gasteiger partial charge on any atom is 0.345 e. The van der Waals surface area contributed by atoms with E-state index in [2.05, 4.69) is 0 Å². The number of esters is 2. The van der Waals surface area contributed by atoms with E-state index in [0.717, 1.165) is 0 Å². The summed E-state index contributed by atoms with van der Waals surface area (Å²) in [5, 5.41) is 20.3. The van der Waals surface area contributed by atoms with E-state index < -0.39 is 18.2 Å². The van der Waals surface area contributed by atoms with Gasteiger partial charge in [-0.15, -0.1) is 0 Å². The molecule has 0 unspecified atom stereocenters. The van der Waals surface area contributed by atoms with Gasteiger partial charge in [-0.1, -0.05) is 0 Å². The van der Waals surface area contributed by atoms with Gasteiger partial charge in [0.2, 0.25) is 6.29 Å². The van der Waals surface area contributed by atoms with Crippen LogP contribution in [-0.2, 0) is 9.47 Å². The summed E-state index contributed by atoms with van der Waals surface area (Å²) in [6.07, 6.45) is -0.471. The van der Waals surface area contributed by atoms with Crippen molar-refractivity contribution in [3.63, 3.8) is 0 Å². The molecule has 0 saturated heterocycles. The summed E-state index contributed by atoms with van der Waals surface area (Å²) in [5.74, 6) is -1.71. The largest absolute Gasteiger partial charge is 0.507 e. The molecule has 1 atom stereocenters. The number of cyclic esters (lactones) is 1. The van der Waals surface area contributed by atoms with Crippen LogP contribution in [0, 0.1) is 0 Å². The zero-order valence-electron chi connectivity index (χ0n) is 13.1. The standard InChI is InChI=1S/C16H14O8/c1-6-4-8(17)10-12-11(16(20)24-15(10)19)9(21-2)5-7(13(12)23-6)14(18)22-3/h4-5,15,17,19H,1-3H3/t15-/m1/s1. The van der Waals surface area contributed by atoms with E-state index in [4.69, 9.17) is 18.9 Å². The Hall–Kier alpha value is -3.00. The molecule has 1 aromatic rings. The van der Waals surface area contributed by atoms with Crippen LogP contribution in [-0.4, -0.2) is 42.7 Å². The first-order valence-electron chi connectivity index (χ1n) is 6.91. The predicted octanol–water partition coefficient (Wildman–Crippen LogP) is 1.54. The quantitative estimate of drug-likeness (QED) is 0.783. The van der Waals surface area contributed by atoms with Crippen LogP contribution in [0.1, 0.15) is 33.2 Å². The monoisotopic (exact) mass is 334 g/mol. The summed E-state index contributed by atoms with van der Waals surface area (Å²) < 4.78 is 20.4. The van der Waals surface area contributed by atoms with Crippen LogP contribution in [0.15, 0.2) is 23.7 Å². The van der Waals surface area contributed by atoms with Crippen molar-refractivity contribution in [2.75, 3.05) is 14.2 Å². The number of allylic oxidation sites excluding steroid dienone is 2. The van der Waals surface area contributed by atoms with Gasteiger partial charge in [-0.05, 0) is 13.0 Å². The minimum Gasteiger partial charge on any atom is -0.507 e. The van der Waals surface area contributed by atoms with Crippen molar-refractivity contribution in [2.24, 2.45) is 0 Å². The summed E-state index contributed by atoms with van der Waals surface area (Å²) in [6.45, 7) is 1.54. The van der Waals surface area contributed by atoms with E-state index >= 15 is 0 Å². The molecule has 2 heterocycles. The number of hydrogen-bond donors (Lipinski definition) is 2. The second-order valence-corrected chi connectivity index (χ2v) is 5.11. The summed E-state index contributed by atoms with van der Waals surface area (Å²) in [7, 11) is 2.50. The third-order valence-electron chi connectivity index (χ3n) is 3.69. The zero-order chi connectivity index (χ0) is 17.6. The first kappa shape index (κ1) is 15.9. The number of carbonyl (C=O) groups excluding carboxylic acids is 2. The number of aliphatic hydroxyl groups is 2. The number of hydrogen-bond acceptors (Lipinski definition) is 8. The van der Waals surface area contributed by atoms with Gasteiger partial charge < -0.3 is 29.2 Å². The summed E-state index contributed by atoms with van der Waals surface area (Å²) in [4.78, 5) is 24.3. The lowest BCUT2D eigenvalue weighted by molar-refractivity contribution is -0.0339. The maximum absolute atomic E-state index is 12.2. The molecule has 2 aliphatic heterocycles. The van der Waals surface area contributed by atoms with Crippen LogP contribution in [0.4, 0.5) is 0 Å². The SMILES string of the molecule is COC(=O)c1cc(OC)c2c3c1OC(C)=CC(O)=C3[C@H](O)OC2=O. The summed E-state index contributed by atoms with van der Waals surface area (Å²) in [6, 6.07) is 1.28. The van der Waals surface area contributed by atoms with E-state index in [-0.39, 0.29) is 45.3 Å². The van der Waals surface area contributed by atoms with Gasteiger partial charge in [-0.25, -0.2) is 9.59 Å². The second-order valence-electron chi connectivity index (χ2n) is 5.11. The van der Waals surface area contributed by atoms with Gasteiger partial charge in [-0.3, -0.25) is 0 Å². The first-order valence-corrected chi connectivity index (χ1v) is 6.91. The van der Waals surface area contributed by atoms with Gasteiger partial charge in [0, 0.05) is 11.6 Å². The number of rotatable bonds is 2. The Morgan fingerprint density at radius 1 is 1.29 bits per heavy atom. The molecule has 0 fully saturated rings. The summed E-state index contributed by atoms with van der Waals surface area (Å²) in [5.41, 5.74) is -0.144. The molecular formula is C16H14O8. The zero-order valence-corrected chi connectivity index (χ0v) is 13.1. The van der Waals surface area contributed by atoms with E-state index in [0.29, 0.717) is 0 Å². The van der Waals surface area contributed by atoms with Gasteiger partial charge >= 0.3 is 11.9 Å². The van der Waals surface area contributed by atoms with E-state index in [1.807, 2.05) is 0 Å². The Labute approximate surface area is 136 Å². The molecule has 0 spiro atoms. The molecule has 0 radical (unpaired) electrons. The van der Waals surface area contributed by atoms with E-state index in [1.165, 1.54) is 26.4 Å². The molecule has 1 aromatic carbocycles.